The Hall–Kier alpha value is -1.15. The zero-order valence-electron chi connectivity index (χ0n) is 46.2. The maximum Gasteiger partial charge on any atom is 0.249 e. The van der Waals surface area contributed by atoms with Gasteiger partial charge in [0, 0.05) is 0 Å². The molecule has 0 aromatic heterocycles. The van der Waals surface area contributed by atoms with E-state index in [0.29, 0.717) is 12.8 Å². The van der Waals surface area contributed by atoms with Gasteiger partial charge in [0.2, 0.25) is 5.91 Å². The van der Waals surface area contributed by atoms with E-state index in [1.807, 2.05) is 0 Å². The molecule has 1 heterocycles. The number of aliphatic hydroxyl groups is 7. The molecule has 0 aliphatic carbocycles. The minimum atomic E-state index is -1.66. The van der Waals surface area contributed by atoms with Crippen molar-refractivity contribution in [2.24, 2.45) is 0 Å². The summed E-state index contributed by atoms with van der Waals surface area (Å²) in [6.45, 7) is 3.45. The summed E-state index contributed by atoms with van der Waals surface area (Å²) in [6.07, 6.45) is 47.4. The molecular formula is C60H117NO10. The lowest BCUT2D eigenvalue weighted by Gasteiger charge is -2.40. The molecule has 8 N–H and O–H groups in total. The second-order valence-electron chi connectivity index (χ2n) is 21.8. The SMILES string of the molecule is CCCCCCCCC/C=C/CCCC(O)C(O)C(COC1OC(CO)C(O)C(O)C1O)NC(=O)C(O)CCCCCCCCCCCCCCCCCCCCCCCCCCCCCCCCCC. The Morgan fingerprint density at radius 2 is 0.831 bits per heavy atom. The molecular weight excluding hydrogens is 895 g/mol. The molecule has 11 nitrogen and oxygen atoms in total. The quantitative estimate of drug-likeness (QED) is 0.0215. The lowest BCUT2D eigenvalue weighted by molar-refractivity contribution is -0.303. The summed E-state index contributed by atoms with van der Waals surface area (Å²) in [5.74, 6) is -0.701. The predicted molar refractivity (Wildman–Crippen MR) is 293 cm³/mol. The number of hydrogen-bond donors (Lipinski definition) is 8. The number of aliphatic hydroxyl groups excluding tert-OH is 7. The van der Waals surface area contributed by atoms with E-state index < -0.39 is 74.2 Å². The standard InChI is InChI=1S/C60H117NO10/c1-3-5-7-9-11-13-15-17-18-19-20-21-22-23-24-25-26-27-28-29-30-31-32-33-34-35-36-38-40-42-44-46-48-53(64)59(69)61-51(50-70-60-58(68)57(67)56(66)54(49-62)71-60)55(65)52(63)47-45-43-41-39-37-16-14-12-10-8-6-4-2/h39,41,51-58,60,62-68H,3-38,40,42-50H2,1-2H3,(H,61,69)/b41-39+. The van der Waals surface area contributed by atoms with Gasteiger partial charge in [-0.2, -0.15) is 0 Å². The summed E-state index contributed by atoms with van der Waals surface area (Å²) in [5.41, 5.74) is 0. The van der Waals surface area contributed by atoms with E-state index in [1.54, 1.807) is 0 Å². The molecule has 0 bridgehead atoms. The van der Waals surface area contributed by atoms with Crippen molar-refractivity contribution in [2.45, 2.75) is 351 Å². The number of rotatable bonds is 53. The Kier molecular flexibility index (Phi) is 47.5. The minimum Gasteiger partial charge on any atom is -0.394 e. The Labute approximate surface area is 436 Å². The summed E-state index contributed by atoms with van der Waals surface area (Å²) >= 11 is 0. The number of carbonyl (C=O) groups is 1. The van der Waals surface area contributed by atoms with Crippen LogP contribution in [0.5, 0.6) is 0 Å². The molecule has 0 spiro atoms. The van der Waals surface area contributed by atoms with Crippen LogP contribution in [0, 0.1) is 0 Å². The first kappa shape index (κ1) is 67.9. The van der Waals surface area contributed by atoms with Crippen LogP contribution in [0.4, 0.5) is 0 Å². The van der Waals surface area contributed by atoms with E-state index in [1.165, 1.54) is 218 Å². The van der Waals surface area contributed by atoms with E-state index in [4.69, 9.17) is 9.47 Å². The molecule has 1 aliphatic rings. The van der Waals surface area contributed by atoms with Crippen LogP contribution in [-0.2, 0) is 14.3 Å². The van der Waals surface area contributed by atoms with Crippen molar-refractivity contribution in [3.63, 3.8) is 0 Å². The zero-order chi connectivity index (χ0) is 51.8. The lowest BCUT2D eigenvalue weighted by Crippen LogP contribution is -2.60. The Bertz CT molecular complexity index is 1160. The lowest BCUT2D eigenvalue weighted by atomic mass is 9.98. The number of ether oxygens (including phenoxy) is 2. The Morgan fingerprint density at radius 1 is 0.479 bits per heavy atom. The summed E-state index contributed by atoms with van der Waals surface area (Å²) in [7, 11) is 0. The van der Waals surface area contributed by atoms with Gasteiger partial charge in [-0.1, -0.05) is 270 Å². The monoisotopic (exact) mass is 1010 g/mol. The highest BCUT2D eigenvalue weighted by atomic mass is 16.7. The summed E-state index contributed by atoms with van der Waals surface area (Å²) in [5, 5.41) is 76.0. The third kappa shape index (κ3) is 38.1. The van der Waals surface area contributed by atoms with Gasteiger partial charge >= 0.3 is 0 Å². The highest BCUT2D eigenvalue weighted by Gasteiger charge is 2.44. The van der Waals surface area contributed by atoms with E-state index >= 15 is 0 Å². The van der Waals surface area contributed by atoms with Gasteiger partial charge in [0.1, 0.15) is 36.6 Å². The fourth-order valence-electron chi connectivity index (χ4n) is 10.1. The normalized spacial score (nSPS) is 20.2. The van der Waals surface area contributed by atoms with Crippen molar-refractivity contribution in [3.05, 3.63) is 12.2 Å². The third-order valence-corrected chi connectivity index (χ3v) is 15.1. The fraction of sp³-hybridized carbons (Fsp3) is 0.950. The van der Waals surface area contributed by atoms with Crippen LogP contribution in [0.15, 0.2) is 12.2 Å². The van der Waals surface area contributed by atoms with E-state index in [2.05, 4.69) is 31.3 Å². The van der Waals surface area contributed by atoms with Crippen molar-refractivity contribution in [1.29, 1.82) is 0 Å². The molecule has 71 heavy (non-hydrogen) atoms. The van der Waals surface area contributed by atoms with Crippen LogP contribution in [0.25, 0.3) is 0 Å². The maximum atomic E-state index is 13.2. The largest absolute Gasteiger partial charge is 0.394 e. The fourth-order valence-corrected chi connectivity index (χ4v) is 10.1. The molecule has 1 saturated heterocycles. The molecule has 9 unspecified atom stereocenters. The van der Waals surface area contributed by atoms with Crippen molar-refractivity contribution in [3.8, 4) is 0 Å². The van der Waals surface area contributed by atoms with Gasteiger partial charge < -0.3 is 50.5 Å². The van der Waals surface area contributed by atoms with Crippen LogP contribution < -0.4 is 5.32 Å². The van der Waals surface area contributed by atoms with Crippen LogP contribution in [0.2, 0.25) is 0 Å². The molecule has 9 atom stereocenters. The van der Waals surface area contributed by atoms with Crippen LogP contribution in [0.1, 0.15) is 296 Å². The predicted octanol–water partition coefficient (Wildman–Crippen LogP) is 13.1. The first-order valence-electron chi connectivity index (χ1n) is 30.6. The van der Waals surface area contributed by atoms with Gasteiger partial charge in [-0.15, -0.1) is 0 Å². The summed E-state index contributed by atoms with van der Waals surface area (Å²) in [4.78, 5) is 13.2. The third-order valence-electron chi connectivity index (χ3n) is 15.1. The Morgan fingerprint density at radius 3 is 1.21 bits per heavy atom. The van der Waals surface area contributed by atoms with Crippen molar-refractivity contribution >= 4 is 5.91 Å². The van der Waals surface area contributed by atoms with Crippen molar-refractivity contribution < 1.29 is 50.0 Å². The number of amides is 1. The molecule has 0 saturated carbocycles. The van der Waals surface area contributed by atoms with Crippen molar-refractivity contribution in [1.82, 2.24) is 5.32 Å². The summed E-state index contributed by atoms with van der Waals surface area (Å²) in [6, 6.07) is -1.18. The highest BCUT2D eigenvalue weighted by molar-refractivity contribution is 5.80. The van der Waals surface area contributed by atoms with Gasteiger partial charge in [0.15, 0.2) is 6.29 Å². The first-order chi connectivity index (χ1) is 34.7. The smallest absolute Gasteiger partial charge is 0.249 e. The summed E-state index contributed by atoms with van der Waals surface area (Å²) < 4.78 is 11.1. The second-order valence-corrected chi connectivity index (χ2v) is 21.8. The molecule has 11 heteroatoms. The molecule has 0 aromatic rings. The molecule has 0 aromatic carbocycles. The van der Waals surface area contributed by atoms with Gasteiger partial charge in [0.25, 0.3) is 0 Å². The van der Waals surface area contributed by atoms with Gasteiger partial charge in [0.05, 0.1) is 25.4 Å². The van der Waals surface area contributed by atoms with Crippen LogP contribution >= 0.6 is 0 Å². The van der Waals surface area contributed by atoms with Gasteiger partial charge in [-0.3, -0.25) is 4.79 Å². The topological polar surface area (TPSA) is 189 Å². The van der Waals surface area contributed by atoms with Gasteiger partial charge in [-0.25, -0.2) is 0 Å². The average molecular weight is 1010 g/mol. The zero-order valence-corrected chi connectivity index (χ0v) is 46.2. The number of unbranched alkanes of at least 4 members (excludes halogenated alkanes) is 39. The Balaban J connectivity index is 2.16. The molecule has 1 aliphatic heterocycles. The van der Waals surface area contributed by atoms with E-state index in [0.717, 1.165) is 38.5 Å². The van der Waals surface area contributed by atoms with E-state index in [9.17, 15) is 40.5 Å². The number of nitrogens with one attached hydrogen (secondary N) is 1. The highest BCUT2D eigenvalue weighted by Crippen LogP contribution is 2.24. The molecule has 0 radical (unpaired) electrons. The van der Waals surface area contributed by atoms with Crippen LogP contribution in [-0.4, -0.2) is 110 Å². The van der Waals surface area contributed by atoms with E-state index in [-0.39, 0.29) is 12.8 Å². The number of allylic oxidation sites excluding steroid dienone is 2. The first-order valence-corrected chi connectivity index (χ1v) is 30.6. The molecule has 1 amide bonds. The second kappa shape index (κ2) is 49.7. The average Bonchev–Trinajstić information content (AvgIpc) is 3.37. The molecule has 422 valence electrons. The maximum absolute atomic E-state index is 13.2. The molecule has 1 rings (SSSR count). The minimum absolute atomic E-state index is 0.259. The van der Waals surface area contributed by atoms with Gasteiger partial charge in [-0.05, 0) is 38.5 Å². The molecule has 1 fully saturated rings. The number of carbonyl (C=O) groups excluding carboxylic acids is 1. The van der Waals surface area contributed by atoms with Crippen LogP contribution in [0.3, 0.4) is 0 Å². The van der Waals surface area contributed by atoms with Crippen molar-refractivity contribution in [2.75, 3.05) is 13.2 Å². The number of hydrogen-bond acceptors (Lipinski definition) is 10.